The fourth-order valence-electron chi connectivity index (χ4n) is 4.22. The lowest BCUT2D eigenvalue weighted by Gasteiger charge is -2.06. The fourth-order valence-corrected chi connectivity index (χ4v) is 4.22. The Morgan fingerprint density at radius 2 is 1.90 bits per heavy atom. The minimum Gasteiger partial charge on any atom is -0.455 e. The molecule has 0 bridgehead atoms. The van der Waals surface area contributed by atoms with Gasteiger partial charge < -0.3 is 4.42 Å². The van der Waals surface area contributed by atoms with Crippen LogP contribution in [0.3, 0.4) is 0 Å². The summed E-state index contributed by atoms with van der Waals surface area (Å²) in [6.07, 6.45) is -2.13. The molecule has 3 heteroatoms. The zero-order chi connectivity index (χ0) is 25.6. The maximum atomic E-state index is 8.40. The molecule has 146 valence electrons. The van der Waals surface area contributed by atoms with Crippen molar-refractivity contribution in [3.8, 4) is 22.4 Å². The van der Waals surface area contributed by atoms with Crippen LogP contribution in [-0.4, -0.2) is 4.98 Å². The van der Waals surface area contributed by atoms with Gasteiger partial charge in [-0.3, -0.25) is 4.98 Å². The van der Waals surface area contributed by atoms with Crippen LogP contribution in [0.2, 0.25) is 0 Å². The van der Waals surface area contributed by atoms with Crippen molar-refractivity contribution in [3.05, 3.63) is 83.8 Å². The summed E-state index contributed by atoms with van der Waals surface area (Å²) in [5.74, 6) is 0. The molecule has 0 N–H and O–H groups in total. The highest BCUT2D eigenvalue weighted by molar-refractivity contribution is 6.10. The Morgan fingerprint density at radius 1 is 1.00 bits per heavy atom. The van der Waals surface area contributed by atoms with Crippen LogP contribution in [0.15, 0.2) is 71.5 Å². The van der Waals surface area contributed by atoms with Crippen molar-refractivity contribution in [2.75, 3.05) is 0 Å². The average molecular weight is 398 g/mol. The Labute approximate surface area is 184 Å². The second-order valence-corrected chi connectivity index (χ2v) is 7.66. The van der Waals surface area contributed by atoms with Crippen LogP contribution in [-0.2, 0) is 19.8 Å². The van der Waals surface area contributed by atoms with E-state index in [-0.39, 0.29) is 11.1 Å². The van der Waals surface area contributed by atoms with Gasteiger partial charge >= 0.3 is 0 Å². The highest BCUT2D eigenvalue weighted by Gasteiger charge is 2.19. The van der Waals surface area contributed by atoms with E-state index in [4.69, 9.17) is 12.6 Å². The fraction of sp³-hybridized carbons (Fsp3) is 0.185. The average Bonchev–Trinajstić information content (AvgIpc) is 3.24. The van der Waals surface area contributed by atoms with E-state index in [1.807, 2.05) is 55.2 Å². The van der Waals surface area contributed by atoms with Crippen LogP contribution >= 0.6 is 0 Å². The SMILES string of the molecule is [2H]C1([2H])c2ccc(-c3cccc4c3oc3cc(C)c(-c5cncc[n+]5C)cc34)cc2C([2H])([2H])C1([2H])[2H]. The Morgan fingerprint density at radius 3 is 2.80 bits per heavy atom. The van der Waals surface area contributed by atoms with E-state index in [0.29, 0.717) is 11.1 Å². The van der Waals surface area contributed by atoms with Crippen molar-refractivity contribution in [2.24, 2.45) is 7.05 Å². The minimum atomic E-state index is -2.69. The third kappa shape index (κ3) is 2.58. The van der Waals surface area contributed by atoms with E-state index in [9.17, 15) is 0 Å². The highest BCUT2D eigenvalue weighted by atomic mass is 16.3. The maximum Gasteiger partial charge on any atom is 0.231 e. The van der Waals surface area contributed by atoms with Gasteiger partial charge in [-0.2, -0.15) is 4.57 Å². The summed E-state index contributed by atoms with van der Waals surface area (Å²) in [7, 11) is 1.98. The van der Waals surface area contributed by atoms with Gasteiger partial charge in [-0.25, -0.2) is 0 Å². The Bertz CT molecular complexity index is 1710. The summed E-state index contributed by atoms with van der Waals surface area (Å²) in [5.41, 5.74) is 5.90. The third-order valence-electron chi connectivity index (χ3n) is 5.80. The number of fused-ring (bicyclic) bond motifs is 4. The van der Waals surface area contributed by atoms with Gasteiger partial charge in [0.05, 0.1) is 18.0 Å². The number of aryl methyl sites for hydroxylation is 4. The maximum absolute atomic E-state index is 8.40. The summed E-state index contributed by atoms with van der Waals surface area (Å²) in [6, 6.07) is 14.7. The molecule has 2 heterocycles. The first-order valence-electron chi connectivity index (χ1n) is 12.9. The standard InChI is InChI=1S/C27H23N2O/c1-17-13-26-24(15-23(17)25-16-28-11-12-29(25)2)22-8-4-7-21(27(22)30-26)20-10-9-18-5-3-6-19(18)14-20/h4,7-16H,3,5-6H2,1-2H3/q+1/i3D2,5D2,6D2. The molecule has 0 radical (unpaired) electrons. The number of furan rings is 1. The van der Waals surface area contributed by atoms with Crippen LogP contribution in [0.4, 0.5) is 0 Å². The van der Waals surface area contributed by atoms with Crippen LogP contribution in [0, 0.1) is 6.92 Å². The van der Waals surface area contributed by atoms with Gasteiger partial charge in [0.15, 0.2) is 6.20 Å². The Kier molecular flexibility index (Phi) is 2.67. The predicted octanol–water partition coefficient (Wildman–Crippen LogP) is 5.94. The quantitative estimate of drug-likeness (QED) is 0.345. The number of para-hydroxylation sites is 1. The first-order chi connectivity index (χ1) is 16.9. The minimum absolute atomic E-state index is 0.0327. The Balaban J connectivity index is 1.57. The van der Waals surface area contributed by atoms with Gasteiger partial charge in [0.2, 0.25) is 5.69 Å². The number of rotatable bonds is 2. The molecule has 30 heavy (non-hydrogen) atoms. The van der Waals surface area contributed by atoms with Crippen molar-refractivity contribution < 1.29 is 17.2 Å². The van der Waals surface area contributed by atoms with E-state index in [1.165, 1.54) is 6.07 Å². The summed E-state index contributed by atoms with van der Waals surface area (Å²) in [6.45, 7) is 2.03. The second-order valence-electron chi connectivity index (χ2n) is 7.66. The summed E-state index contributed by atoms with van der Waals surface area (Å²) in [5, 5.41) is 1.85. The molecule has 0 spiro atoms. The van der Waals surface area contributed by atoms with Crippen LogP contribution in [0.5, 0.6) is 0 Å². The van der Waals surface area contributed by atoms with Crippen LogP contribution < -0.4 is 4.57 Å². The van der Waals surface area contributed by atoms with Crippen LogP contribution in [0.25, 0.3) is 44.3 Å². The van der Waals surface area contributed by atoms with Crippen molar-refractivity contribution in [1.82, 2.24) is 4.98 Å². The molecule has 3 nitrogen and oxygen atoms in total. The largest absolute Gasteiger partial charge is 0.455 e. The predicted molar refractivity (Wildman–Crippen MR) is 120 cm³/mol. The van der Waals surface area contributed by atoms with Crippen LogP contribution in [0.1, 0.15) is 31.3 Å². The first-order valence-corrected chi connectivity index (χ1v) is 9.86. The molecule has 5 aromatic rings. The van der Waals surface area contributed by atoms with E-state index < -0.39 is 19.1 Å². The molecule has 1 aliphatic rings. The van der Waals surface area contributed by atoms with E-state index >= 15 is 0 Å². The first kappa shape index (κ1) is 12.3. The molecule has 0 atom stereocenters. The Hall–Kier alpha value is -3.46. The molecular formula is C27H23N2O+. The number of benzene rings is 3. The zero-order valence-corrected chi connectivity index (χ0v) is 16.7. The zero-order valence-electron chi connectivity index (χ0n) is 22.7. The number of hydrogen-bond donors (Lipinski definition) is 0. The second kappa shape index (κ2) is 6.53. The lowest BCUT2D eigenvalue weighted by Crippen LogP contribution is -2.30. The van der Waals surface area contributed by atoms with Gasteiger partial charge in [0, 0.05) is 24.6 Å². The molecule has 1 aliphatic carbocycles. The molecule has 0 unspecified atom stereocenters. The van der Waals surface area contributed by atoms with E-state index in [2.05, 4.69) is 11.1 Å². The lowest BCUT2D eigenvalue weighted by molar-refractivity contribution is -0.660. The summed E-state index contributed by atoms with van der Waals surface area (Å²) >= 11 is 0. The molecule has 0 saturated carbocycles. The molecule has 3 aromatic carbocycles. The third-order valence-corrected chi connectivity index (χ3v) is 5.80. The molecule has 0 amide bonds. The van der Waals surface area contributed by atoms with Gasteiger partial charge in [-0.05, 0) is 60.4 Å². The smallest absolute Gasteiger partial charge is 0.231 e. The summed E-state index contributed by atoms with van der Waals surface area (Å²) in [4.78, 5) is 4.28. The number of nitrogens with zero attached hydrogens (tertiary/aromatic N) is 2. The normalized spacial score (nSPS) is 21.3. The molecular weight excluding hydrogens is 368 g/mol. The van der Waals surface area contributed by atoms with Gasteiger partial charge in [-0.15, -0.1) is 0 Å². The van der Waals surface area contributed by atoms with Gasteiger partial charge in [0.25, 0.3) is 0 Å². The molecule has 2 aromatic heterocycles. The molecule has 0 saturated heterocycles. The molecule has 0 aliphatic heterocycles. The number of aromatic nitrogens is 2. The van der Waals surface area contributed by atoms with Crippen molar-refractivity contribution >= 4 is 21.9 Å². The number of hydrogen-bond acceptors (Lipinski definition) is 2. The van der Waals surface area contributed by atoms with E-state index in [0.717, 1.165) is 38.7 Å². The van der Waals surface area contributed by atoms with E-state index in [1.54, 1.807) is 18.3 Å². The molecule has 0 fully saturated rings. The lowest BCUT2D eigenvalue weighted by atomic mass is 9.97. The topological polar surface area (TPSA) is 29.9 Å². The highest BCUT2D eigenvalue weighted by Crippen LogP contribution is 2.39. The molecule has 6 rings (SSSR count). The van der Waals surface area contributed by atoms with Gasteiger partial charge in [-0.1, -0.05) is 36.4 Å². The van der Waals surface area contributed by atoms with Crippen molar-refractivity contribution in [3.63, 3.8) is 0 Å². The van der Waals surface area contributed by atoms with Gasteiger partial charge in [0.1, 0.15) is 18.2 Å². The monoisotopic (exact) mass is 397 g/mol. The van der Waals surface area contributed by atoms with Crippen molar-refractivity contribution in [2.45, 2.75) is 26.0 Å². The summed E-state index contributed by atoms with van der Waals surface area (Å²) < 4.78 is 58.0. The van der Waals surface area contributed by atoms with Crippen molar-refractivity contribution in [1.29, 1.82) is 0 Å².